The number of phenols is 1. The molecule has 0 spiro atoms. The smallest absolute Gasteiger partial charge is 0.255 e. The molecule has 1 saturated carbocycles. The monoisotopic (exact) mass is 442 g/mol. The summed E-state index contributed by atoms with van der Waals surface area (Å²) in [5.74, 6) is -8.78. The molecule has 7 N–H and O–H groups in total. The molecule has 1 fully saturated rings. The van der Waals surface area contributed by atoms with Gasteiger partial charge in [0.25, 0.3) is 5.91 Å². The normalized spacial score (nSPS) is 32.1. The van der Waals surface area contributed by atoms with Crippen LogP contribution in [0, 0.1) is 11.8 Å². The molecule has 0 bridgehead atoms. The Bertz CT molecular complexity index is 1180. The number of phenolic OH excluding ortho intramolecular Hbond substituents is 1. The molecular weight excluding hydrogens is 420 g/mol. The molecule has 0 radical (unpaired) electrons. The van der Waals surface area contributed by atoms with E-state index >= 15 is 0 Å². The third-order valence-corrected chi connectivity index (χ3v) is 6.61. The summed E-state index contributed by atoms with van der Waals surface area (Å²) in [4.78, 5) is 39.8. The number of carbonyl (C=O) groups is 3. The van der Waals surface area contributed by atoms with Gasteiger partial charge < -0.3 is 31.3 Å². The second-order valence-corrected chi connectivity index (χ2v) is 8.44. The van der Waals surface area contributed by atoms with Crippen LogP contribution in [0.15, 0.2) is 41.7 Å². The molecule has 0 heterocycles. The van der Waals surface area contributed by atoms with Gasteiger partial charge in [-0.1, -0.05) is 18.7 Å². The number of carbonyl (C=O) groups excluding carboxylic acids is 3. The van der Waals surface area contributed by atoms with Crippen molar-refractivity contribution in [2.75, 3.05) is 14.1 Å². The maximum atomic E-state index is 13.6. The number of Topliss-reactive ketones (excluding diaryl/α,β-unsaturated/α-hetero) is 2. The van der Waals surface area contributed by atoms with E-state index in [0.29, 0.717) is 0 Å². The fourth-order valence-electron chi connectivity index (χ4n) is 5.21. The van der Waals surface area contributed by atoms with Crippen molar-refractivity contribution in [1.29, 1.82) is 0 Å². The summed E-state index contributed by atoms with van der Waals surface area (Å²) in [6.45, 7) is 3.91. The van der Waals surface area contributed by atoms with E-state index in [1.165, 1.54) is 37.2 Å². The number of hydrogen-bond acceptors (Lipinski definition) is 9. The average Bonchev–Trinajstić information content (AvgIpc) is 2.70. The minimum Gasteiger partial charge on any atom is -0.508 e. The summed E-state index contributed by atoms with van der Waals surface area (Å²) in [6.07, 6.45) is -1.69. The standard InChI is InChI=1S/C22H22N2O8/c1-7-8-5-4-6-9(25)11(8)16(26)12-10(7)17(27)14-15(24(2)3)18(28)13(21(23)31)20(30)22(14,32)19(12)29/h4-6,10,14-15,17,25-27,30,32H,1H2,2-3H3,(H2,23,31)/t10-,14-,15+,17+,22?/m1/s1. The Hall–Kier alpha value is -3.47. The van der Waals surface area contributed by atoms with Gasteiger partial charge in [0, 0.05) is 5.92 Å². The highest BCUT2D eigenvalue weighted by atomic mass is 16.4. The predicted octanol–water partition coefficient (Wildman–Crippen LogP) is -0.594. The molecule has 168 valence electrons. The van der Waals surface area contributed by atoms with Crippen LogP contribution in [0.4, 0.5) is 0 Å². The van der Waals surface area contributed by atoms with Crippen LogP contribution in [-0.4, -0.2) is 79.7 Å². The number of hydrogen-bond donors (Lipinski definition) is 6. The highest BCUT2D eigenvalue weighted by Gasteiger charge is 2.68. The quantitative estimate of drug-likeness (QED) is 0.326. The van der Waals surface area contributed by atoms with Crippen LogP contribution in [0.25, 0.3) is 11.3 Å². The van der Waals surface area contributed by atoms with Crippen LogP contribution in [0.3, 0.4) is 0 Å². The molecule has 3 aliphatic carbocycles. The lowest BCUT2D eigenvalue weighted by Gasteiger charge is -2.52. The van der Waals surface area contributed by atoms with Crippen molar-refractivity contribution in [3.05, 3.63) is 52.8 Å². The first kappa shape index (κ1) is 21.8. The number of aliphatic hydroxyl groups excluding tert-OH is 3. The molecule has 1 amide bonds. The Morgan fingerprint density at radius 3 is 2.38 bits per heavy atom. The maximum Gasteiger partial charge on any atom is 0.255 e. The minimum atomic E-state index is -2.94. The molecular formula is C22H22N2O8. The van der Waals surface area contributed by atoms with Crippen LogP contribution in [0.5, 0.6) is 5.75 Å². The Morgan fingerprint density at radius 1 is 1.19 bits per heavy atom. The summed E-state index contributed by atoms with van der Waals surface area (Å²) in [6, 6.07) is 2.89. The molecule has 3 aliphatic rings. The first-order valence-corrected chi connectivity index (χ1v) is 9.71. The maximum absolute atomic E-state index is 13.6. The Balaban J connectivity index is 2.08. The van der Waals surface area contributed by atoms with Gasteiger partial charge in [0.1, 0.15) is 22.8 Å². The number of benzene rings is 1. The summed E-state index contributed by atoms with van der Waals surface area (Å²) >= 11 is 0. The summed E-state index contributed by atoms with van der Waals surface area (Å²) in [5, 5.41) is 54.7. The number of amides is 1. The van der Waals surface area contributed by atoms with Gasteiger partial charge in [-0.15, -0.1) is 0 Å². The number of nitrogens with two attached hydrogens (primary N) is 1. The van der Waals surface area contributed by atoms with Gasteiger partial charge in [-0.3, -0.25) is 19.3 Å². The van der Waals surface area contributed by atoms with Gasteiger partial charge in [-0.05, 0) is 31.3 Å². The van der Waals surface area contributed by atoms with Crippen LogP contribution in [-0.2, 0) is 14.4 Å². The van der Waals surface area contributed by atoms with E-state index in [9.17, 15) is 39.9 Å². The first-order valence-electron chi connectivity index (χ1n) is 9.71. The molecule has 4 rings (SSSR count). The van der Waals surface area contributed by atoms with Crippen molar-refractivity contribution >= 4 is 28.8 Å². The van der Waals surface area contributed by atoms with E-state index in [0.717, 1.165) is 0 Å². The van der Waals surface area contributed by atoms with E-state index in [1.54, 1.807) is 0 Å². The van der Waals surface area contributed by atoms with Gasteiger partial charge in [-0.2, -0.15) is 0 Å². The lowest BCUT2D eigenvalue weighted by molar-refractivity contribution is -0.166. The van der Waals surface area contributed by atoms with Gasteiger partial charge in [0.05, 0.1) is 29.2 Å². The molecule has 5 atom stereocenters. The zero-order valence-electron chi connectivity index (χ0n) is 17.2. The number of aliphatic hydroxyl groups is 4. The number of aromatic hydroxyl groups is 1. The van der Waals surface area contributed by atoms with Crippen molar-refractivity contribution in [3.8, 4) is 5.75 Å². The van der Waals surface area contributed by atoms with Crippen LogP contribution < -0.4 is 5.73 Å². The van der Waals surface area contributed by atoms with Gasteiger partial charge in [-0.25, -0.2) is 0 Å². The Labute approximate surface area is 182 Å². The molecule has 10 heteroatoms. The van der Waals surface area contributed by atoms with Crippen molar-refractivity contribution < 1.29 is 39.9 Å². The first-order chi connectivity index (χ1) is 14.9. The van der Waals surface area contributed by atoms with E-state index < -0.39 is 69.7 Å². The average molecular weight is 442 g/mol. The molecule has 1 aromatic carbocycles. The molecule has 10 nitrogen and oxygen atoms in total. The lowest BCUT2D eigenvalue weighted by Crippen LogP contribution is -2.70. The highest BCUT2D eigenvalue weighted by molar-refractivity contribution is 6.25. The number of likely N-dealkylation sites (N-methyl/N-ethyl adjacent to an activating group) is 1. The highest BCUT2D eigenvalue weighted by Crippen LogP contribution is 2.55. The van der Waals surface area contributed by atoms with Crippen molar-refractivity contribution in [3.63, 3.8) is 0 Å². The second kappa shape index (κ2) is 6.76. The van der Waals surface area contributed by atoms with E-state index in [2.05, 4.69) is 6.58 Å². The predicted molar refractivity (Wildman–Crippen MR) is 111 cm³/mol. The van der Waals surface area contributed by atoms with Crippen LogP contribution >= 0.6 is 0 Å². The zero-order chi connectivity index (χ0) is 23.9. The Morgan fingerprint density at radius 2 is 1.81 bits per heavy atom. The van der Waals surface area contributed by atoms with Gasteiger partial charge in [0.2, 0.25) is 5.78 Å². The molecule has 0 aromatic heterocycles. The zero-order valence-corrected chi connectivity index (χ0v) is 17.2. The summed E-state index contributed by atoms with van der Waals surface area (Å²) in [5.41, 5.74) is 1.16. The van der Waals surface area contributed by atoms with Crippen LogP contribution in [0.2, 0.25) is 0 Å². The van der Waals surface area contributed by atoms with E-state index in [4.69, 9.17) is 5.73 Å². The lowest BCUT2D eigenvalue weighted by atomic mass is 9.55. The van der Waals surface area contributed by atoms with Gasteiger partial charge >= 0.3 is 0 Å². The number of primary amides is 1. The van der Waals surface area contributed by atoms with E-state index in [-0.39, 0.29) is 22.4 Å². The third kappa shape index (κ3) is 2.42. The second-order valence-electron chi connectivity index (χ2n) is 8.44. The van der Waals surface area contributed by atoms with Crippen molar-refractivity contribution in [1.82, 2.24) is 4.90 Å². The fraction of sp³-hybridized carbons (Fsp3) is 0.318. The van der Waals surface area contributed by atoms with Crippen LogP contribution in [0.1, 0.15) is 11.1 Å². The SMILES string of the molecule is C=C1c2cccc(O)c2C(O)=C2C(=O)C3(O)C(O)=C(C(N)=O)C(=O)[C@@H](N(C)C)[C@@H]3[C@@H](O)[C@H]12. The number of ketones is 2. The molecule has 0 aliphatic heterocycles. The summed E-state index contributed by atoms with van der Waals surface area (Å²) < 4.78 is 0. The topological polar surface area (TPSA) is 182 Å². The largest absolute Gasteiger partial charge is 0.508 e. The summed E-state index contributed by atoms with van der Waals surface area (Å²) in [7, 11) is 2.88. The molecule has 1 unspecified atom stereocenters. The van der Waals surface area contributed by atoms with E-state index in [1.807, 2.05) is 0 Å². The van der Waals surface area contributed by atoms with Crippen molar-refractivity contribution in [2.24, 2.45) is 17.6 Å². The molecule has 1 aromatic rings. The number of nitrogens with zero attached hydrogens (tertiary/aromatic N) is 1. The van der Waals surface area contributed by atoms with Gasteiger partial charge in [0.15, 0.2) is 11.4 Å². The third-order valence-electron chi connectivity index (χ3n) is 6.61. The molecule has 0 saturated heterocycles. The fourth-order valence-corrected chi connectivity index (χ4v) is 5.21. The number of rotatable bonds is 2. The minimum absolute atomic E-state index is 0.124. The Kier molecular flexibility index (Phi) is 4.60. The number of fused-ring (bicyclic) bond motifs is 3. The van der Waals surface area contributed by atoms with Crippen molar-refractivity contribution in [2.45, 2.75) is 17.7 Å². The molecule has 32 heavy (non-hydrogen) atoms.